The van der Waals surface area contributed by atoms with Gasteiger partial charge in [-0.1, -0.05) is 88.6 Å². The number of benzene rings is 1. The normalized spacial score (nSPS) is 11.6. The van der Waals surface area contributed by atoms with Gasteiger partial charge in [0.05, 0.1) is 5.39 Å². The molecule has 0 amide bonds. The molecule has 1 heterocycles. The summed E-state index contributed by atoms with van der Waals surface area (Å²) in [7, 11) is 0. The smallest absolute Gasteiger partial charge is 0.343 e. The van der Waals surface area contributed by atoms with E-state index in [1.165, 1.54) is 77.0 Å². The number of rotatable bonds is 15. The fraction of sp³-hybridized carbons (Fsp3) is 0.577. The molecule has 0 fully saturated rings. The second-order valence-corrected chi connectivity index (χ2v) is 7.92. The molecule has 2 rings (SSSR count). The van der Waals surface area contributed by atoms with E-state index in [9.17, 15) is 4.79 Å². The van der Waals surface area contributed by atoms with Crippen LogP contribution < -0.4 is 5.63 Å². The zero-order valence-electron chi connectivity index (χ0n) is 17.8. The molecule has 154 valence electrons. The molecule has 1 aromatic heterocycles. The van der Waals surface area contributed by atoms with Crippen molar-refractivity contribution in [1.82, 2.24) is 0 Å². The summed E-state index contributed by atoms with van der Waals surface area (Å²) < 4.78 is 5.44. The van der Waals surface area contributed by atoms with Crippen LogP contribution in [0.1, 0.15) is 96.2 Å². The van der Waals surface area contributed by atoms with Crippen LogP contribution in [0.4, 0.5) is 0 Å². The highest BCUT2D eigenvalue weighted by Gasteiger charge is 2.03. The topological polar surface area (TPSA) is 30.2 Å². The summed E-state index contributed by atoms with van der Waals surface area (Å²) in [5.74, 6) is 0.821. The van der Waals surface area contributed by atoms with Crippen LogP contribution in [0.5, 0.6) is 0 Å². The van der Waals surface area contributed by atoms with Gasteiger partial charge in [-0.05, 0) is 49.6 Å². The molecule has 0 spiro atoms. The van der Waals surface area contributed by atoms with Crippen molar-refractivity contribution in [1.29, 1.82) is 0 Å². The van der Waals surface area contributed by atoms with Gasteiger partial charge in [0.2, 0.25) is 0 Å². The maximum atomic E-state index is 12.0. The number of hydrogen-bond acceptors (Lipinski definition) is 2. The Balaban J connectivity index is 1.47. The summed E-state index contributed by atoms with van der Waals surface area (Å²) in [6.45, 7) is 2.27. The van der Waals surface area contributed by atoms with Crippen molar-refractivity contribution in [2.24, 2.45) is 0 Å². The Kier molecular flexibility index (Phi) is 11.4. The van der Waals surface area contributed by atoms with Gasteiger partial charge in [0.25, 0.3) is 0 Å². The van der Waals surface area contributed by atoms with Crippen molar-refractivity contribution < 1.29 is 4.42 Å². The van der Waals surface area contributed by atoms with E-state index in [1.807, 2.05) is 30.3 Å². The standard InChI is InChI=1S/C26H38O2/c1-2-3-4-5-6-7-8-9-10-11-12-13-14-15-16-20-24-22-23-19-17-18-21-25(23)26(27)28-24/h9-10,17-19,21-22H,2-8,11-16,20H2,1H3/b10-9+. The van der Waals surface area contributed by atoms with E-state index in [0.717, 1.165) is 24.0 Å². The summed E-state index contributed by atoms with van der Waals surface area (Å²) in [6.07, 6.45) is 22.5. The Morgan fingerprint density at radius 1 is 0.786 bits per heavy atom. The number of allylic oxidation sites excluding steroid dienone is 2. The van der Waals surface area contributed by atoms with E-state index in [0.29, 0.717) is 5.39 Å². The predicted molar refractivity (Wildman–Crippen MR) is 121 cm³/mol. The molecule has 0 saturated carbocycles. The SMILES string of the molecule is CCCCCCCC/C=C/CCCCCCCc1cc2ccccc2c(=O)o1. The van der Waals surface area contributed by atoms with Crippen molar-refractivity contribution >= 4 is 10.8 Å². The first kappa shape index (κ1) is 22.5. The highest BCUT2D eigenvalue weighted by atomic mass is 16.4. The molecule has 0 N–H and O–H groups in total. The van der Waals surface area contributed by atoms with Gasteiger partial charge >= 0.3 is 5.63 Å². The molecule has 2 aromatic rings. The summed E-state index contributed by atoms with van der Waals surface area (Å²) >= 11 is 0. The van der Waals surface area contributed by atoms with Gasteiger partial charge in [0.1, 0.15) is 5.76 Å². The van der Waals surface area contributed by atoms with Crippen molar-refractivity contribution in [3.05, 3.63) is 58.7 Å². The number of fused-ring (bicyclic) bond motifs is 1. The average molecular weight is 383 g/mol. The maximum Gasteiger partial charge on any atom is 0.343 e. The third-order valence-electron chi connectivity index (χ3n) is 5.41. The highest BCUT2D eigenvalue weighted by Crippen LogP contribution is 2.15. The molecule has 1 aromatic carbocycles. The Morgan fingerprint density at radius 3 is 2.11 bits per heavy atom. The minimum Gasteiger partial charge on any atom is -0.427 e. The zero-order chi connectivity index (χ0) is 19.9. The van der Waals surface area contributed by atoms with E-state index in [4.69, 9.17) is 4.42 Å². The molecule has 28 heavy (non-hydrogen) atoms. The van der Waals surface area contributed by atoms with Gasteiger partial charge < -0.3 is 4.42 Å². The van der Waals surface area contributed by atoms with E-state index in [-0.39, 0.29) is 5.63 Å². The quantitative estimate of drug-likeness (QED) is 0.231. The van der Waals surface area contributed by atoms with Gasteiger partial charge in [-0.3, -0.25) is 0 Å². The van der Waals surface area contributed by atoms with Crippen LogP contribution in [0, 0.1) is 0 Å². The molecular weight excluding hydrogens is 344 g/mol. The summed E-state index contributed by atoms with van der Waals surface area (Å²) in [5, 5.41) is 1.66. The fourth-order valence-corrected chi connectivity index (χ4v) is 3.68. The first-order valence-electron chi connectivity index (χ1n) is 11.5. The molecule has 2 heteroatoms. The van der Waals surface area contributed by atoms with Gasteiger partial charge in [0.15, 0.2) is 0 Å². The lowest BCUT2D eigenvalue weighted by Gasteiger charge is -2.03. The van der Waals surface area contributed by atoms with Gasteiger partial charge in [0, 0.05) is 6.42 Å². The van der Waals surface area contributed by atoms with Gasteiger partial charge in [-0.25, -0.2) is 4.79 Å². The molecule has 0 saturated heterocycles. The largest absolute Gasteiger partial charge is 0.427 e. The molecular formula is C26H38O2. The molecule has 0 unspecified atom stereocenters. The zero-order valence-corrected chi connectivity index (χ0v) is 17.8. The summed E-state index contributed by atoms with van der Waals surface area (Å²) in [5.41, 5.74) is -0.208. The van der Waals surface area contributed by atoms with Crippen molar-refractivity contribution in [3.63, 3.8) is 0 Å². The van der Waals surface area contributed by atoms with Crippen LogP contribution >= 0.6 is 0 Å². The van der Waals surface area contributed by atoms with Gasteiger partial charge in [-0.2, -0.15) is 0 Å². The number of unbranched alkanes of at least 4 members (excludes halogenated alkanes) is 11. The van der Waals surface area contributed by atoms with Crippen LogP contribution in [0.2, 0.25) is 0 Å². The predicted octanol–water partition coefficient (Wildman–Crippen LogP) is 7.98. The lowest BCUT2D eigenvalue weighted by molar-refractivity contribution is 0.455. The van der Waals surface area contributed by atoms with E-state index >= 15 is 0 Å². The Labute approximate surface area is 171 Å². The minimum absolute atomic E-state index is 0.208. The molecule has 0 aliphatic rings. The van der Waals surface area contributed by atoms with E-state index in [2.05, 4.69) is 19.1 Å². The van der Waals surface area contributed by atoms with Crippen molar-refractivity contribution in [2.45, 2.75) is 96.8 Å². The van der Waals surface area contributed by atoms with Crippen molar-refractivity contribution in [3.8, 4) is 0 Å². The summed E-state index contributed by atoms with van der Waals surface area (Å²) in [4.78, 5) is 12.0. The molecule has 2 nitrogen and oxygen atoms in total. The lowest BCUT2D eigenvalue weighted by atomic mass is 10.1. The second-order valence-electron chi connectivity index (χ2n) is 7.92. The van der Waals surface area contributed by atoms with Crippen LogP contribution in [0.25, 0.3) is 10.8 Å². The third-order valence-corrected chi connectivity index (χ3v) is 5.41. The monoisotopic (exact) mass is 382 g/mol. The first-order chi connectivity index (χ1) is 13.8. The fourth-order valence-electron chi connectivity index (χ4n) is 3.68. The van der Waals surface area contributed by atoms with E-state index in [1.54, 1.807) is 0 Å². The maximum absolute atomic E-state index is 12.0. The van der Waals surface area contributed by atoms with Crippen LogP contribution in [-0.2, 0) is 6.42 Å². The third kappa shape index (κ3) is 8.91. The minimum atomic E-state index is -0.208. The first-order valence-corrected chi connectivity index (χ1v) is 11.5. The lowest BCUT2D eigenvalue weighted by Crippen LogP contribution is -2.02. The Hall–Kier alpha value is -1.83. The molecule has 0 radical (unpaired) electrons. The van der Waals surface area contributed by atoms with Crippen LogP contribution in [-0.4, -0.2) is 0 Å². The Bertz CT molecular complexity index is 741. The average Bonchev–Trinajstić information content (AvgIpc) is 2.71. The van der Waals surface area contributed by atoms with E-state index < -0.39 is 0 Å². The van der Waals surface area contributed by atoms with Crippen LogP contribution in [0.15, 0.2) is 51.7 Å². The van der Waals surface area contributed by atoms with Crippen LogP contribution in [0.3, 0.4) is 0 Å². The van der Waals surface area contributed by atoms with Crippen molar-refractivity contribution in [2.75, 3.05) is 0 Å². The Morgan fingerprint density at radius 2 is 1.39 bits per heavy atom. The molecule has 0 aliphatic carbocycles. The highest BCUT2D eigenvalue weighted by molar-refractivity contribution is 5.81. The molecule has 0 bridgehead atoms. The number of aryl methyl sites for hydroxylation is 1. The van der Waals surface area contributed by atoms with Gasteiger partial charge in [-0.15, -0.1) is 0 Å². The second kappa shape index (κ2) is 14.2. The molecule has 0 atom stereocenters. The molecule has 0 aliphatic heterocycles. The number of hydrogen-bond donors (Lipinski definition) is 0. The summed E-state index contributed by atoms with van der Waals surface area (Å²) in [6, 6.07) is 9.67.